The van der Waals surface area contributed by atoms with Gasteiger partial charge in [-0.1, -0.05) is 0 Å². The van der Waals surface area contributed by atoms with Crippen molar-refractivity contribution in [1.82, 2.24) is 15.1 Å². The smallest absolute Gasteiger partial charge is 0.123 e. The summed E-state index contributed by atoms with van der Waals surface area (Å²) < 4.78 is 1.86. The molecule has 1 aromatic rings. The van der Waals surface area contributed by atoms with Gasteiger partial charge >= 0.3 is 0 Å². The molecule has 0 aromatic carbocycles. The quantitative estimate of drug-likeness (QED) is 0.663. The molecule has 0 bridgehead atoms. The third-order valence-corrected chi connectivity index (χ3v) is 2.49. The predicted molar refractivity (Wildman–Crippen MR) is 57.3 cm³/mol. The molecule has 0 atom stereocenters. The van der Waals surface area contributed by atoms with E-state index in [0.717, 1.165) is 24.9 Å². The van der Waals surface area contributed by atoms with Crippen molar-refractivity contribution in [2.24, 2.45) is 7.05 Å². The van der Waals surface area contributed by atoms with Crippen molar-refractivity contribution < 1.29 is 0 Å². The monoisotopic (exact) mass is 194 g/mol. The Kier molecular flexibility index (Phi) is 3.03. The highest BCUT2D eigenvalue weighted by Gasteiger charge is 2.19. The van der Waals surface area contributed by atoms with E-state index in [2.05, 4.69) is 15.7 Å². The fraction of sp³-hybridized carbons (Fsp3) is 0.700. The maximum Gasteiger partial charge on any atom is 0.123 e. The van der Waals surface area contributed by atoms with Crippen LogP contribution in [0.5, 0.6) is 0 Å². The molecule has 4 nitrogen and oxygen atoms in total. The van der Waals surface area contributed by atoms with Crippen LogP contribution in [0.3, 0.4) is 0 Å². The van der Waals surface area contributed by atoms with Crippen LogP contribution in [0.15, 0.2) is 12.3 Å². The Bertz CT molecular complexity index is 277. The van der Waals surface area contributed by atoms with Gasteiger partial charge in [-0.15, -0.1) is 0 Å². The second-order valence-corrected chi connectivity index (χ2v) is 3.85. The molecule has 78 valence electrons. The number of rotatable bonds is 6. The lowest BCUT2D eigenvalue weighted by Gasteiger charge is -2.06. The van der Waals surface area contributed by atoms with Gasteiger partial charge in [0.15, 0.2) is 0 Å². The Morgan fingerprint density at radius 2 is 2.36 bits per heavy atom. The van der Waals surface area contributed by atoms with Crippen molar-refractivity contribution in [2.45, 2.75) is 25.3 Å². The van der Waals surface area contributed by atoms with Gasteiger partial charge < -0.3 is 10.6 Å². The van der Waals surface area contributed by atoms with Crippen molar-refractivity contribution in [3.63, 3.8) is 0 Å². The molecule has 0 unspecified atom stereocenters. The zero-order chi connectivity index (χ0) is 9.80. The van der Waals surface area contributed by atoms with Crippen LogP contribution in [0, 0.1) is 0 Å². The van der Waals surface area contributed by atoms with Crippen molar-refractivity contribution in [2.75, 3.05) is 18.4 Å². The average Bonchev–Trinajstić information content (AvgIpc) is 2.91. The summed E-state index contributed by atoms with van der Waals surface area (Å²) in [5.41, 5.74) is 0. The summed E-state index contributed by atoms with van der Waals surface area (Å²) in [4.78, 5) is 0. The normalized spacial score (nSPS) is 15.8. The highest BCUT2D eigenvalue weighted by atomic mass is 15.3. The highest BCUT2D eigenvalue weighted by molar-refractivity contribution is 5.33. The lowest BCUT2D eigenvalue weighted by molar-refractivity contribution is 0.656. The van der Waals surface area contributed by atoms with Crippen LogP contribution < -0.4 is 10.6 Å². The van der Waals surface area contributed by atoms with Crippen LogP contribution in [0.25, 0.3) is 0 Å². The van der Waals surface area contributed by atoms with Crippen molar-refractivity contribution in [3.05, 3.63) is 12.3 Å². The second kappa shape index (κ2) is 4.46. The Morgan fingerprint density at radius 3 is 3.00 bits per heavy atom. The zero-order valence-electron chi connectivity index (χ0n) is 8.66. The number of nitrogens with one attached hydrogen (secondary N) is 2. The fourth-order valence-corrected chi connectivity index (χ4v) is 1.45. The SMILES string of the molecule is Cn1nccc1NCCCNC1CC1. The first-order valence-corrected chi connectivity index (χ1v) is 5.31. The van der Waals surface area contributed by atoms with Crippen LogP contribution in [0.1, 0.15) is 19.3 Å². The lowest BCUT2D eigenvalue weighted by atomic mass is 10.4. The number of aryl methyl sites for hydroxylation is 1. The summed E-state index contributed by atoms with van der Waals surface area (Å²) in [6.45, 7) is 2.13. The maximum atomic E-state index is 4.09. The van der Waals surface area contributed by atoms with Crippen LogP contribution in [0.4, 0.5) is 5.82 Å². The minimum absolute atomic E-state index is 0.826. The Labute approximate surface area is 84.7 Å². The molecule has 1 saturated carbocycles. The van der Waals surface area contributed by atoms with E-state index in [1.54, 1.807) is 0 Å². The Balaban J connectivity index is 1.56. The number of nitrogens with zero attached hydrogens (tertiary/aromatic N) is 2. The summed E-state index contributed by atoms with van der Waals surface area (Å²) in [6, 6.07) is 2.82. The molecular weight excluding hydrogens is 176 g/mol. The first kappa shape index (κ1) is 9.52. The number of aromatic nitrogens is 2. The topological polar surface area (TPSA) is 41.9 Å². The molecule has 0 spiro atoms. The largest absolute Gasteiger partial charge is 0.370 e. The van der Waals surface area contributed by atoms with E-state index in [1.165, 1.54) is 19.3 Å². The van der Waals surface area contributed by atoms with Crippen LogP contribution >= 0.6 is 0 Å². The summed E-state index contributed by atoms with van der Waals surface area (Å²) in [5.74, 6) is 1.09. The minimum Gasteiger partial charge on any atom is -0.370 e. The minimum atomic E-state index is 0.826. The van der Waals surface area contributed by atoms with Gasteiger partial charge in [0, 0.05) is 25.7 Å². The van der Waals surface area contributed by atoms with Gasteiger partial charge in [-0.2, -0.15) is 5.10 Å². The summed E-state index contributed by atoms with van der Waals surface area (Å²) in [6.07, 6.45) is 5.72. The standard InChI is InChI=1S/C10H18N4/c1-14-10(5-8-13-14)12-7-2-6-11-9-3-4-9/h5,8-9,11-12H,2-4,6-7H2,1H3. The second-order valence-electron chi connectivity index (χ2n) is 3.85. The number of anilines is 1. The molecule has 1 heterocycles. The van der Waals surface area contributed by atoms with E-state index in [0.29, 0.717) is 0 Å². The van der Waals surface area contributed by atoms with E-state index < -0.39 is 0 Å². The zero-order valence-corrected chi connectivity index (χ0v) is 8.66. The van der Waals surface area contributed by atoms with Gasteiger partial charge in [0.25, 0.3) is 0 Å². The first-order valence-electron chi connectivity index (χ1n) is 5.31. The van der Waals surface area contributed by atoms with E-state index >= 15 is 0 Å². The molecule has 2 rings (SSSR count). The van der Waals surface area contributed by atoms with Gasteiger partial charge in [0.05, 0.1) is 6.20 Å². The molecule has 1 aliphatic rings. The van der Waals surface area contributed by atoms with Gasteiger partial charge in [-0.05, 0) is 25.8 Å². The van der Waals surface area contributed by atoms with Crippen molar-refractivity contribution in [3.8, 4) is 0 Å². The molecule has 0 saturated heterocycles. The highest BCUT2D eigenvalue weighted by Crippen LogP contribution is 2.18. The summed E-state index contributed by atoms with van der Waals surface area (Å²) in [5, 5.41) is 10.9. The third-order valence-electron chi connectivity index (χ3n) is 2.49. The molecule has 14 heavy (non-hydrogen) atoms. The van der Waals surface area contributed by atoms with E-state index in [4.69, 9.17) is 0 Å². The van der Waals surface area contributed by atoms with Crippen molar-refractivity contribution in [1.29, 1.82) is 0 Å². The predicted octanol–water partition coefficient (Wildman–Crippen LogP) is 0.974. The van der Waals surface area contributed by atoms with E-state index in [1.807, 2.05) is 24.0 Å². The third kappa shape index (κ3) is 2.73. The van der Waals surface area contributed by atoms with Crippen LogP contribution in [-0.4, -0.2) is 28.9 Å². The molecule has 1 aromatic heterocycles. The van der Waals surface area contributed by atoms with E-state index in [-0.39, 0.29) is 0 Å². The number of hydrogen-bond donors (Lipinski definition) is 2. The maximum absolute atomic E-state index is 4.09. The first-order chi connectivity index (χ1) is 6.86. The Morgan fingerprint density at radius 1 is 1.50 bits per heavy atom. The van der Waals surface area contributed by atoms with E-state index in [9.17, 15) is 0 Å². The van der Waals surface area contributed by atoms with Gasteiger partial charge in [-0.25, -0.2) is 0 Å². The summed E-state index contributed by atoms with van der Waals surface area (Å²) >= 11 is 0. The molecule has 0 radical (unpaired) electrons. The van der Waals surface area contributed by atoms with Crippen LogP contribution in [-0.2, 0) is 7.05 Å². The lowest BCUT2D eigenvalue weighted by Crippen LogP contribution is -2.20. The molecule has 0 aliphatic heterocycles. The summed E-state index contributed by atoms with van der Waals surface area (Å²) in [7, 11) is 1.95. The molecule has 1 aliphatic carbocycles. The Hall–Kier alpha value is -1.03. The molecule has 2 N–H and O–H groups in total. The van der Waals surface area contributed by atoms with Crippen LogP contribution in [0.2, 0.25) is 0 Å². The van der Waals surface area contributed by atoms with Crippen molar-refractivity contribution >= 4 is 5.82 Å². The molecular formula is C10H18N4. The van der Waals surface area contributed by atoms with Gasteiger partial charge in [-0.3, -0.25) is 4.68 Å². The number of hydrogen-bond acceptors (Lipinski definition) is 3. The molecule has 1 fully saturated rings. The average molecular weight is 194 g/mol. The van der Waals surface area contributed by atoms with Gasteiger partial charge in [0.2, 0.25) is 0 Å². The van der Waals surface area contributed by atoms with Gasteiger partial charge in [0.1, 0.15) is 5.82 Å². The molecule has 4 heteroatoms. The fourth-order valence-electron chi connectivity index (χ4n) is 1.45. The molecule has 0 amide bonds.